The van der Waals surface area contributed by atoms with Crippen LogP contribution in [-0.2, 0) is 11.8 Å². The van der Waals surface area contributed by atoms with Crippen LogP contribution in [0.5, 0.6) is 0 Å². The Bertz CT molecular complexity index is 587. The molecular formula is C11H9FN2O2. The van der Waals surface area contributed by atoms with Crippen molar-refractivity contribution in [3.63, 3.8) is 0 Å². The summed E-state index contributed by atoms with van der Waals surface area (Å²) in [5, 5.41) is 13.2. The number of aliphatic carboxylic acids is 1. The van der Waals surface area contributed by atoms with Gasteiger partial charge in [0.2, 0.25) is 0 Å². The zero-order chi connectivity index (χ0) is 11.7. The summed E-state index contributed by atoms with van der Waals surface area (Å²) in [4.78, 5) is 10.4. The van der Waals surface area contributed by atoms with Crippen LogP contribution in [0.15, 0.2) is 24.4 Å². The van der Waals surface area contributed by atoms with E-state index in [0.29, 0.717) is 10.9 Å². The van der Waals surface area contributed by atoms with Gasteiger partial charge in [0.1, 0.15) is 5.82 Å². The number of carboxylic acids is 1. The van der Waals surface area contributed by atoms with Crippen LogP contribution < -0.4 is 0 Å². The van der Waals surface area contributed by atoms with Gasteiger partial charge in [-0.1, -0.05) is 0 Å². The summed E-state index contributed by atoms with van der Waals surface area (Å²) in [6.07, 6.45) is 3.80. The molecule has 0 aliphatic rings. The average Bonchev–Trinajstić information content (AvgIpc) is 2.57. The third-order valence-corrected chi connectivity index (χ3v) is 2.18. The molecule has 0 amide bonds. The second kappa shape index (κ2) is 3.77. The van der Waals surface area contributed by atoms with Gasteiger partial charge in [-0.05, 0) is 18.2 Å². The van der Waals surface area contributed by atoms with Crippen molar-refractivity contribution in [3.05, 3.63) is 35.8 Å². The summed E-state index contributed by atoms with van der Waals surface area (Å²) in [5.74, 6) is -1.57. The lowest BCUT2D eigenvalue weighted by Gasteiger charge is -1.97. The van der Waals surface area contributed by atoms with E-state index in [-0.39, 0.29) is 5.56 Å². The lowest BCUT2D eigenvalue weighted by Crippen LogP contribution is -1.88. The molecule has 0 saturated heterocycles. The zero-order valence-electron chi connectivity index (χ0n) is 8.51. The fourth-order valence-electron chi connectivity index (χ4n) is 1.53. The molecule has 2 rings (SSSR count). The molecule has 0 saturated carbocycles. The van der Waals surface area contributed by atoms with Crippen LogP contribution in [0.4, 0.5) is 4.39 Å². The number of benzene rings is 1. The standard InChI is InChI=1S/C11H9FN2O2/c1-14-6-8-7(2-5-11(15)16)9(12)3-4-10(8)13-14/h2-6H,1H3,(H,15,16)/b5-2+. The predicted octanol–water partition coefficient (Wildman–Crippen LogP) is 1.81. The number of rotatable bonds is 2. The molecule has 0 atom stereocenters. The molecule has 0 radical (unpaired) electrons. The summed E-state index contributed by atoms with van der Waals surface area (Å²) in [6, 6.07) is 2.83. The van der Waals surface area contributed by atoms with Crippen molar-refractivity contribution < 1.29 is 14.3 Å². The number of aryl methyl sites for hydroxylation is 1. The molecule has 82 valence electrons. The first-order chi connectivity index (χ1) is 7.58. The van der Waals surface area contributed by atoms with Gasteiger partial charge >= 0.3 is 5.97 Å². The Hall–Kier alpha value is -2.17. The van der Waals surface area contributed by atoms with E-state index in [0.717, 1.165) is 6.08 Å². The number of nitrogens with zero attached hydrogens (tertiary/aromatic N) is 2. The number of fused-ring (bicyclic) bond motifs is 1. The molecule has 1 aromatic carbocycles. The van der Waals surface area contributed by atoms with E-state index in [1.54, 1.807) is 24.0 Å². The third-order valence-electron chi connectivity index (χ3n) is 2.18. The van der Waals surface area contributed by atoms with Crippen LogP contribution in [0.2, 0.25) is 0 Å². The molecule has 4 nitrogen and oxygen atoms in total. The number of halogens is 1. The van der Waals surface area contributed by atoms with Crippen molar-refractivity contribution in [3.8, 4) is 0 Å². The molecule has 0 unspecified atom stereocenters. The highest BCUT2D eigenvalue weighted by atomic mass is 19.1. The highest BCUT2D eigenvalue weighted by Gasteiger charge is 2.07. The van der Waals surface area contributed by atoms with E-state index >= 15 is 0 Å². The van der Waals surface area contributed by atoms with Crippen LogP contribution in [0.1, 0.15) is 5.56 Å². The Morgan fingerprint density at radius 2 is 2.31 bits per heavy atom. The molecule has 5 heteroatoms. The maximum absolute atomic E-state index is 13.5. The average molecular weight is 220 g/mol. The Kier molecular flexibility index (Phi) is 2.44. The van der Waals surface area contributed by atoms with Gasteiger partial charge in [-0.3, -0.25) is 4.68 Å². The normalized spacial score (nSPS) is 11.4. The van der Waals surface area contributed by atoms with Crippen LogP contribution in [-0.4, -0.2) is 20.9 Å². The Balaban J connectivity index is 2.65. The molecule has 1 N–H and O–H groups in total. The van der Waals surface area contributed by atoms with Gasteiger partial charge in [-0.15, -0.1) is 0 Å². The molecule has 2 aromatic rings. The molecule has 0 fully saturated rings. The van der Waals surface area contributed by atoms with Crippen LogP contribution in [0.3, 0.4) is 0 Å². The van der Waals surface area contributed by atoms with Crippen molar-refractivity contribution >= 4 is 22.9 Å². The molecule has 0 spiro atoms. The third kappa shape index (κ3) is 1.79. The first kappa shape index (κ1) is 10.4. The fraction of sp³-hybridized carbons (Fsp3) is 0.0909. The topological polar surface area (TPSA) is 55.1 Å². The van der Waals surface area contributed by atoms with E-state index in [1.807, 2.05) is 0 Å². The maximum atomic E-state index is 13.5. The van der Waals surface area contributed by atoms with Gasteiger partial charge in [0, 0.05) is 30.3 Å². The number of hydrogen-bond donors (Lipinski definition) is 1. The first-order valence-electron chi connectivity index (χ1n) is 4.61. The summed E-state index contributed by atoms with van der Waals surface area (Å²) < 4.78 is 15.1. The number of aromatic nitrogens is 2. The van der Waals surface area contributed by atoms with E-state index in [4.69, 9.17) is 5.11 Å². The molecule has 1 heterocycles. The van der Waals surface area contributed by atoms with Crippen LogP contribution in [0.25, 0.3) is 17.0 Å². The van der Waals surface area contributed by atoms with Gasteiger partial charge < -0.3 is 5.11 Å². The van der Waals surface area contributed by atoms with E-state index in [2.05, 4.69) is 5.10 Å². The molecule has 16 heavy (non-hydrogen) atoms. The van der Waals surface area contributed by atoms with Crippen molar-refractivity contribution in [2.75, 3.05) is 0 Å². The van der Waals surface area contributed by atoms with Crippen molar-refractivity contribution in [1.29, 1.82) is 0 Å². The van der Waals surface area contributed by atoms with Gasteiger partial charge in [0.15, 0.2) is 0 Å². The zero-order valence-corrected chi connectivity index (χ0v) is 8.51. The van der Waals surface area contributed by atoms with E-state index < -0.39 is 11.8 Å². The van der Waals surface area contributed by atoms with E-state index in [9.17, 15) is 9.18 Å². The molecule has 0 aliphatic carbocycles. The molecule has 0 aliphatic heterocycles. The summed E-state index contributed by atoms with van der Waals surface area (Å²) in [7, 11) is 1.72. The van der Waals surface area contributed by atoms with Gasteiger partial charge in [-0.25, -0.2) is 9.18 Å². The number of carbonyl (C=O) groups is 1. The summed E-state index contributed by atoms with van der Waals surface area (Å²) in [6.45, 7) is 0. The summed E-state index contributed by atoms with van der Waals surface area (Å²) >= 11 is 0. The fourth-order valence-corrected chi connectivity index (χ4v) is 1.53. The van der Waals surface area contributed by atoms with Crippen LogP contribution >= 0.6 is 0 Å². The predicted molar refractivity (Wildman–Crippen MR) is 57.3 cm³/mol. The highest BCUT2D eigenvalue weighted by Crippen LogP contribution is 2.21. The Labute approximate surface area is 90.6 Å². The lowest BCUT2D eigenvalue weighted by molar-refractivity contribution is -0.131. The van der Waals surface area contributed by atoms with Gasteiger partial charge in [-0.2, -0.15) is 5.10 Å². The van der Waals surface area contributed by atoms with E-state index in [1.165, 1.54) is 12.1 Å². The second-order valence-electron chi connectivity index (χ2n) is 3.37. The van der Waals surface area contributed by atoms with Gasteiger partial charge in [0.25, 0.3) is 0 Å². The minimum Gasteiger partial charge on any atom is -0.478 e. The minimum atomic E-state index is -1.11. The number of carboxylic acid groups (broad SMARTS) is 1. The lowest BCUT2D eigenvalue weighted by atomic mass is 10.1. The molecular weight excluding hydrogens is 211 g/mol. The van der Waals surface area contributed by atoms with Crippen LogP contribution in [0, 0.1) is 5.82 Å². The SMILES string of the molecule is Cn1cc2c(/C=C/C(=O)O)c(F)ccc2n1. The first-order valence-corrected chi connectivity index (χ1v) is 4.61. The maximum Gasteiger partial charge on any atom is 0.328 e. The second-order valence-corrected chi connectivity index (χ2v) is 3.37. The quantitative estimate of drug-likeness (QED) is 0.785. The monoisotopic (exact) mass is 220 g/mol. The molecule has 0 bridgehead atoms. The Morgan fingerprint density at radius 3 is 3.00 bits per heavy atom. The highest BCUT2D eigenvalue weighted by molar-refractivity contribution is 5.92. The Morgan fingerprint density at radius 1 is 1.56 bits per heavy atom. The number of hydrogen-bond acceptors (Lipinski definition) is 2. The van der Waals surface area contributed by atoms with Crippen molar-refractivity contribution in [1.82, 2.24) is 9.78 Å². The van der Waals surface area contributed by atoms with Crippen molar-refractivity contribution in [2.24, 2.45) is 7.05 Å². The van der Waals surface area contributed by atoms with Crippen molar-refractivity contribution in [2.45, 2.75) is 0 Å². The minimum absolute atomic E-state index is 0.244. The van der Waals surface area contributed by atoms with Gasteiger partial charge in [0.05, 0.1) is 5.52 Å². The largest absolute Gasteiger partial charge is 0.478 e. The summed E-state index contributed by atoms with van der Waals surface area (Å²) in [5.41, 5.74) is 0.877. The smallest absolute Gasteiger partial charge is 0.328 e. The molecule has 1 aromatic heterocycles.